The molecule has 0 radical (unpaired) electrons. The standard InChI is InChI=1S/C35H34O8/c1-36-25-12-21(13-26(19-25)37-2)8-9-22-14-29-33(24-16-27(38-3)20-28(17-24)39-4)34(43-35(29)32(15-22)42-7)23-10-11-30(40-5)31(18-23)41-6/h8-20H,1-7H3. The molecule has 0 atom stereocenters. The highest BCUT2D eigenvalue weighted by atomic mass is 16.5. The Morgan fingerprint density at radius 3 is 1.53 bits per heavy atom. The molecule has 5 aromatic rings. The third-order valence-corrected chi connectivity index (χ3v) is 7.13. The summed E-state index contributed by atoms with van der Waals surface area (Å²) >= 11 is 0. The zero-order valence-electron chi connectivity index (χ0n) is 25.3. The first kappa shape index (κ1) is 29.3. The highest BCUT2D eigenvalue weighted by Gasteiger charge is 2.23. The van der Waals surface area contributed by atoms with Crippen molar-refractivity contribution >= 4 is 23.1 Å². The summed E-state index contributed by atoms with van der Waals surface area (Å²) < 4.78 is 45.6. The SMILES string of the molecule is COc1cc(C=Cc2cc(OC)c3oc(-c4ccc(OC)c(OC)c4)c(-c4cc(OC)cc(OC)c4)c3c2)cc(OC)c1. The molecule has 0 amide bonds. The summed E-state index contributed by atoms with van der Waals surface area (Å²) in [6.07, 6.45) is 4.00. The highest BCUT2D eigenvalue weighted by Crippen LogP contribution is 2.47. The molecule has 4 aromatic carbocycles. The van der Waals surface area contributed by atoms with Crippen molar-refractivity contribution in [3.8, 4) is 62.7 Å². The summed E-state index contributed by atoms with van der Waals surface area (Å²) in [5.41, 5.74) is 4.92. The van der Waals surface area contributed by atoms with Gasteiger partial charge in [-0.25, -0.2) is 0 Å². The van der Waals surface area contributed by atoms with E-state index in [4.69, 9.17) is 37.6 Å². The van der Waals surface area contributed by atoms with Crippen LogP contribution in [0.2, 0.25) is 0 Å². The third kappa shape index (κ3) is 5.90. The number of ether oxygens (including phenoxy) is 7. The van der Waals surface area contributed by atoms with Gasteiger partial charge in [0.05, 0.1) is 49.8 Å². The monoisotopic (exact) mass is 582 g/mol. The minimum Gasteiger partial charge on any atom is -0.497 e. The Hall–Kier alpha value is -5.24. The van der Waals surface area contributed by atoms with Crippen LogP contribution < -0.4 is 33.2 Å². The van der Waals surface area contributed by atoms with Crippen LogP contribution in [-0.2, 0) is 0 Å². The maximum Gasteiger partial charge on any atom is 0.177 e. The maximum atomic E-state index is 6.60. The van der Waals surface area contributed by atoms with E-state index >= 15 is 0 Å². The molecular formula is C35H34O8. The van der Waals surface area contributed by atoms with Gasteiger partial charge in [-0.3, -0.25) is 0 Å². The van der Waals surface area contributed by atoms with Gasteiger partial charge in [0.25, 0.3) is 0 Å². The Kier molecular flexibility index (Phi) is 8.66. The maximum absolute atomic E-state index is 6.60. The summed E-state index contributed by atoms with van der Waals surface area (Å²) in [5.74, 6) is 5.12. The zero-order chi connectivity index (χ0) is 30.5. The van der Waals surface area contributed by atoms with Crippen LogP contribution in [0.15, 0.2) is 71.1 Å². The first-order chi connectivity index (χ1) is 20.9. The first-order valence-corrected chi connectivity index (χ1v) is 13.5. The Bertz CT molecular complexity index is 1740. The van der Waals surface area contributed by atoms with E-state index in [0.29, 0.717) is 51.6 Å². The third-order valence-electron chi connectivity index (χ3n) is 7.13. The van der Waals surface area contributed by atoms with E-state index in [1.165, 1.54) is 0 Å². The lowest BCUT2D eigenvalue weighted by atomic mass is 9.96. The van der Waals surface area contributed by atoms with Gasteiger partial charge in [0.15, 0.2) is 22.8 Å². The van der Waals surface area contributed by atoms with Crippen LogP contribution in [-0.4, -0.2) is 49.8 Å². The van der Waals surface area contributed by atoms with E-state index in [-0.39, 0.29) is 0 Å². The minimum absolute atomic E-state index is 0.582. The molecule has 8 nitrogen and oxygen atoms in total. The van der Waals surface area contributed by atoms with Gasteiger partial charge in [-0.15, -0.1) is 0 Å². The predicted molar refractivity (Wildman–Crippen MR) is 168 cm³/mol. The molecule has 0 saturated carbocycles. The summed E-state index contributed by atoms with van der Waals surface area (Å²) in [5, 5.41) is 0.849. The van der Waals surface area contributed by atoms with Gasteiger partial charge in [0, 0.05) is 28.6 Å². The summed E-state index contributed by atoms with van der Waals surface area (Å²) in [7, 11) is 11.3. The fourth-order valence-corrected chi connectivity index (χ4v) is 4.97. The molecule has 0 saturated heterocycles. The van der Waals surface area contributed by atoms with Crippen molar-refractivity contribution in [2.75, 3.05) is 49.8 Å². The Morgan fingerprint density at radius 2 is 1.00 bits per heavy atom. The average Bonchev–Trinajstić information content (AvgIpc) is 3.45. The van der Waals surface area contributed by atoms with Crippen LogP contribution in [0.25, 0.3) is 45.6 Å². The molecule has 0 spiro atoms. The fourth-order valence-electron chi connectivity index (χ4n) is 4.97. The van der Waals surface area contributed by atoms with Crippen LogP contribution in [0, 0.1) is 0 Å². The van der Waals surface area contributed by atoms with Gasteiger partial charge in [-0.2, -0.15) is 0 Å². The molecule has 0 aliphatic rings. The van der Waals surface area contributed by atoms with Crippen molar-refractivity contribution < 1.29 is 37.6 Å². The van der Waals surface area contributed by atoms with Crippen LogP contribution in [0.5, 0.6) is 40.2 Å². The predicted octanol–water partition coefficient (Wildman–Crippen LogP) is 8.00. The molecule has 0 fully saturated rings. The van der Waals surface area contributed by atoms with E-state index in [0.717, 1.165) is 33.2 Å². The molecule has 5 rings (SSSR count). The van der Waals surface area contributed by atoms with E-state index < -0.39 is 0 Å². The molecule has 0 N–H and O–H groups in total. The molecule has 0 bridgehead atoms. The van der Waals surface area contributed by atoms with Gasteiger partial charge in [-0.1, -0.05) is 12.2 Å². The van der Waals surface area contributed by atoms with Gasteiger partial charge in [0.1, 0.15) is 28.8 Å². The van der Waals surface area contributed by atoms with Gasteiger partial charge in [-0.05, 0) is 71.3 Å². The van der Waals surface area contributed by atoms with Crippen molar-refractivity contribution in [1.82, 2.24) is 0 Å². The second-order valence-corrected chi connectivity index (χ2v) is 9.56. The normalized spacial score (nSPS) is 11.0. The summed E-state index contributed by atoms with van der Waals surface area (Å²) in [6, 6.07) is 21.1. The van der Waals surface area contributed by atoms with Crippen molar-refractivity contribution in [3.63, 3.8) is 0 Å². The molecule has 1 aromatic heterocycles. The largest absolute Gasteiger partial charge is 0.497 e. The summed E-state index contributed by atoms with van der Waals surface area (Å²) in [4.78, 5) is 0. The van der Waals surface area contributed by atoms with Crippen molar-refractivity contribution in [1.29, 1.82) is 0 Å². The Labute approximate surface area is 250 Å². The number of furan rings is 1. The lowest BCUT2D eigenvalue weighted by Gasteiger charge is -2.11. The number of hydrogen-bond acceptors (Lipinski definition) is 8. The van der Waals surface area contributed by atoms with Crippen molar-refractivity contribution in [3.05, 3.63) is 77.9 Å². The van der Waals surface area contributed by atoms with Crippen LogP contribution in [0.3, 0.4) is 0 Å². The lowest BCUT2D eigenvalue weighted by Crippen LogP contribution is -1.92. The second kappa shape index (κ2) is 12.7. The topological polar surface area (TPSA) is 77.8 Å². The summed E-state index contributed by atoms with van der Waals surface area (Å²) in [6.45, 7) is 0. The van der Waals surface area contributed by atoms with Gasteiger partial charge < -0.3 is 37.6 Å². The minimum atomic E-state index is 0.582. The number of rotatable bonds is 11. The quantitative estimate of drug-likeness (QED) is 0.145. The first-order valence-electron chi connectivity index (χ1n) is 13.5. The second-order valence-electron chi connectivity index (χ2n) is 9.56. The molecule has 0 aliphatic heterocycles. The van der Waals surface area contributed by atoms with Gasteiger partial charge in [0.2, 0.25) is 0 Å². The van der Waals surface area contributed by atoms with Crippen molar-refractivity contribution in [2.45, 2.75) is 0 Å². The number of methoxy groups -OCH3 is 7. The number of hydrogen-bond donors (Lipinski definition) is 0. The number of fused-ring (bicyclic) bond motifs is 1. The molecule has 1 heterocycles. The molecule has 8 heteroatoms. The van der Waals surface area contributed by atoms with E-state index in [1.54, 1.807) is 49.8 Å². The van der Waals surface area contributed by atoms with E-state index in [1.807, 2.05) is 72.8 Å². The Balaban J connectivity index is 1.76. The Morgan fingerprint density at radius 1 is 0.465 bits per heavy atom. The molecular weight excluding hydrogens is 548 g/mol. The molecule has 43 heavy (non-hydrogen) atoms. The average molecular weight is 583 g/mol. The lowest BCUT2D eigenvalue weighted by molar-refractivity contribution is 0.355. The van der Waals surface area contributed by atoms with Gasteiger partial charge >= 0.3 is 0 Å². The molecule has 222 valence electrons. The van der Waals surface area contributed by atoms with Crippen molar-refractivity contribution in [2.24, 2.45) is 0 Å². The molecule has 0 unspecified atom stereocenters. The van der Waals surface area contributed by atoms with Crippen LogP contribution in [0.1, 0.15) is 11.1 Å². The smallest absolute Gasteiger partial charge is 0.177 e. The van der Waals surface area contributed by atoms with E-state index in [9.17, 15) is 0 Å². The zero-order valence-corrected chi connectivity index (χ0v) is 25.3. The highest BCUT2D eigenvalue weighted by molar-refractivity contribution is 6.05. The van der Waals surface area contributed by atoms with Crippen LogP contribution in [0.4, 0.5) is 0 Å². The number of benzene rings is 4. The van der Waals surface area contributed by atoms with E-state index in [2.05, 4.69) is 6.07 Å². The molecule has 0 aliphatic carbocycles. The fraction of sp³-hybridized carbons (Fsp3) is 0.200. The van der Waals surface area contributed by atoms with Crippen LogP contribution >= 0.6 is 0 Å².